The minimum absolute atomic E-state index is 0.0287. The Kier molecular flexibility index (Phi) is 7.76. The molecule has 1 aliphatic heterocycles. The van der Waals surface area contributed by atoms with Crippen LogP contribution < -0.4 is 9.47 Å². The third-order valence-corrected chi connectivity index (χ3v) is 7.47. The van der Waals surface area contributed by atoms with Crippen LogP contribution in [-0.2, 0) is 11.2 Å². The molecule has 0 saturated heterocycles. The molecule has 0 unspecified atom stereocenters. The van der Waals surface area contributed by atoms with Crippen LogP contribution in [0.15, 0.2) is 53.9 Å². The molecule has 2 amide bonds. The number of amides is 2. The summed E-state index contributed by atoms with van der Waals surface area (Å²) in [5, 5.41) is 2.08. The molecule has 35 heavy (non-hydrogen) atoms. The van der Waals surface area contributed by atoms with Crippen molar-refractivity contribution in [2.24, 2.45) is 0 Å². The van der Waals surface area contributed by atoms with Crippen molar-refractivity contribution in [1.82, 2.24) is 9.80 Å². The van der Waals surface area contributed by atoms with Gasteiger partial charge in [-0.05, 0) is 80.1 Å². The third kappa shape index (κ3) is 5.51. The van der Waals surface area contributed by atoms with Crippen molar-refractivity contribution in [2.75, 3.05) is 33.4 Å². The summed E-state index contributed by atoms with van der Waals surface area (Å²) in [5.74, 6) is 1.28. The molecule has 6 nitrogen and oxygen atoms in total. The van der Waals surface area contributed by atoms with Crippen LogP contribution in [-0.4, -0.2) is 55.0 Å². The molecule has 0 N–H and O–H groups in total. The van der Waals surface area contributed by atoms with E-state index in [9.17, 15) is 9.59 Å². The minimum atomic E-state index is -0.187. The Balaban J connectivity index is 1.50. The molecular formula is C28H32N2O4S. The molecule has 2 heterocycles. The van der Waals surface area contributed by atoms with Crippen molar-refractivity contribution >= 4 is 23.2 Å². The summed E-state index contributed by atoms with van der Waals surface area (Å²) in [4.78, 5) is 31.4. The molecule has 7 heteroatoms. The molecule has 0 saturated carbocycles. The maximum atomic E-state index is 13.5. The van der Waals surface area contributed by atoms with Crippen LogP contribution in [0, 0.1) is 13.8 Å². The summed E-state index contributed by atoms with van der Waals surface area (Å²) in [6, 6.07) is 15.0. The number of benzene rings is 2. The van der Waals surface area contributed by atoms with E-state index >= 15 is 0 Å². The fourth-order valence-corrected chi connectivity index (χ4v) is 5.43. The number of rotatable bonds is 8. The Morgan fingerprint density at radius 1 is 1.11 bits per heavy atom. The summed E-state index contributed by atoms with van der Waals surface area (Å²) >= 11 is 1.72. The zero-order valence-corrected chi connectivity index (χ0v) is 21.6. The van der Waals surface area contributed by atoms with E-state index in [4.69, 9.17) is 9.47 Å². The van der Waals surface area contributed by atoms with E-state index in [2.05, 4.69) is 24.4 Å². The fourth-order valence-electron chi connectivity index (χ4n) is 4.50. The number of methoxy groups -OCH3 is 1. The Hall–Kier alpha value is -3.32. The number of nitrogens with zero attached hydrogens (tertiary/aromatic N) is 2. The highest BCUT2D eigenvalue weighted by Gasteiger charge is 2.33. The van der Waals surface area contributed by atoms with Crippen molar-refractivity contribution < 1.29 is 19.1 Å². The van der Waals surface area contributed by atoms with Gasteiger partial charge in [0.1, 0.15) is 24.7 Å². The standard InChI is InChI=1S/C28H32N2O4S/c1-5-29(28(32)21-7-9-22(33-4)10-8-21)17-27(31)30-14-12-26-23(13-15-35-26)24(30)18-34-25-11-6-19(2)16-20(25)3/h6-11,13,15-16,24H,5,12,14,17-18H2,1-4H3/t24-/m1/s1. The zero-order chi connectivity index (χ0) is 24.9. The van der Waals surface area contributed by atoms with E-state index in [-0.39, 0.29) is 24.4 Å². The molecule has 1 atom stereocenters. The lowest BCUT2D eigenvalue weighted by Crippen LogP contribution is -2.47. The lowest BCUT2D eigenvalue weighted by molar-refractivity contribution is -0.135. The summed E-state index contributed by atoms with van der Waals surface area (Å²) in [6.45, 7) is 7.44. The minimum Gasteiger partial charge on any atom is -0.497 e. The zero-order valence-electron chi connectivity index (χ0n) is 20.7. The van der Waals surface area contributed by atoms with Gasteiger partial charge < -0.3 is 19.3 Å². The summed E-state index contributed by atoms with van der Waals surface area (Å²) in [5.41, 5.74) is 3.94. The highest BCUT2D eigenvalue weighted by molar-refractivity contribution is 7.10. The molecule has 0 radical (unpaired) electrons. The Morgan fingerprint density at radius 3 is 2.57 bits per heavy atom. The normalized spacial score (nSPS) is 14.9. The molecule has 0 fully saturated rings. The number of likely N-dealkylation sites (N-methyl/N-ethyl adjacent to an activating group) is 1. The summed E-state index contributed by atoms with van der Waals surface area (Å²) in [7, 11) is 1.59. The first-order valence-corrected chi connectivity index (χ1v) is 12.8. The van der Waals surface area contributed by atoms with Gasteiger partial charge in [0.15, 0.2) is 0 Å². The number of ether oxygens (including phenoxy) is 2. The van der Waals surface area contributed by atoms with E-state index in [1.165, 1.54) is 10.4 Å². The Bertz CT molecular complexity index is 1190. The summed E-state index contributed by atoms with van der Waals surface area (Å²) in [6.07, 6.45) is 0.817. The van der Waals surface area contributed by atoms with Gasteiger partial charge in [-0.1, -0.05) is 17.7 Å². The van der Waals surface area contributed by atoms with Crippen LogP contribution in [0.4, 0.5) is 0 Å². The highest BCUT2D eigenvalue weighted by atomic mass is 32.1. The smallest absolute Gasteiger partial charge is 0.254 e. The van der Waals surface area contributed by atoms with Crippen molar-refractivity contribution in [2.45, 2.75) is 33.2 Å². The second-order valence-electron chi connectivity index (χ2n) is 8.78. The molecule has 1 aliphatic rings. The van der Waals surface area contributed by atoms with Crippen molar-refractivity contribution in [3.8, 4) is 11.5 Å². The molecule has 184 valence electrons. The molecule has 0 aliphatic carbocycles. The lowest BCUT2D eigenvalue weighted by Gasteiger charge is -2.37. The first kappa shape index (κ1) is 24.8. The van der Waals surface area contributed by atoms with Gasteiger partial charge >= 0.3 is 0 Å². The first-order valence-electron chi connectivity index (χ1n) is 11.9. The van der Waals surface area contributed by atoms with Gasteiger partial charge in [0.2, 0.25) is 5.91 Å². The SMILES string of the molecule is CCN(CC(=O)N1CCc2sccc2[C@H]1COc1ccc(C)cc1C)C(=O)c1ccc(OC)cc1. The first-order chi connectivity index (χ1) is 16.9. The molecule has 3 aromatic rings. The van der Waals surface area contributed by atoms with Gasteiger partial charge in [0.25, 0.3) is 5.91 Å². The van der Waals surface area contributed by atoms with Crippen LogP contribution in [0.3, 0.4) is 0 Å². The lowest BCUT2D eigenvalue weighted by atomic mass is 10.00. The molecule has 0 bridgehead atoms. The number of carbonyl (C=O) groups excluding carboxylic acids is 2. The Morgan fingerprint density at radius 2 is 1.89 bits per heavy atom. The second-order valence-corrected chi connectivity index (χ2v) is 9.78. The highest BCUT2D eigenvalue weighted by Crippen LogP contribution is 2.34. The molecule has 4 rings (SSSR count). The summed E-state index contributed by atoms with van der Waals surface area (Å²) < 4.78 is 11.4. The molecule has 0 spiro atoms. The van der Waals surface area contributed by atoms with Crippen LogP contribution in [0.5, 0.6) is 11.5 Å². The van der Waals surface area contributed by atoms with Gasteiger partial charge in [-0.15, -0.1) is 11.3 Å². The van der Waals surface area contributed by atoms with E-state index in [0.29, 0.717) is 31.0 Å². The average Bonchev–Trinajstić information content (AvgIpc) is 3.35. The topological polar surface area (TPSA) is 59.1 Å². The van der Waals surface area contributed by atoms with Crippen molar-refractivity contribution in [3.05, 3.63) is 81.0 Å². The number of thiophene rings is 1. The Labute approximate surface area is 211 Å². The number of hydrogen-bond acceptors (Lipinski definition) is 5. The molecule has 1 aromatic heterocycles. The van der Waals surface area contributed by atoms with Crippen molar-refractivity contribution in [1.29, 1.82) is 0 Å². The molecular weight excluding hydrogens is 460 g/mol. The van der Waals surface area contributed by atoms with Crippen LogP contribution in [0.2, 0.25) is 0 Å². The van der Waals surface area contributed by atoms with E-state index in [1.54, 1.807) is 47.6 Å². The predicted octanol–water partition coefficient (Wildman–Crippen LogP) is 5.04. The fraction of sp³-hybridized carbons (Fsp3) is 0.357. The van der Waals surface area contributed by atoms with E-state index in [1.807, 2.05) is 30.9 Å². The van der Waals surface area contributed by atoms with E-state index in [0.717, 1.165) is 23.3 Å². The van der Waals surface area contributed by atoms with Gasteiger partial charge in [0, 0.05) is 23.5 Å². The largest absolute Gasteiger partial charge is 0.497 e. The maximum absolute atomic E-state index is 13.5. The average molecular weight is 493 g/mol. The van der Waals surface area contributed by atoms with Gasteiger partial charge in [-0.25, -0.2) is 0 Å². The monoisotopic (exact) mass is 492 g/mol. The quantitative estimate of drug-likeness (QED) is 0.442. The predicted molar refractivity (Wildman–Crippen MR) is 138 cm³/mol. The van der Waals surface area contributed by atoms with Crippen LogP contribution in [0.1, 0.15) is 44.9 Å². The number of aryl methyl sites for hydroxylation is 2. The molecule has 2 aromatic carbocycles. The number of fused-ring (bicyclic) bond motifs is 1. The van der Waals surface area contributed by atoms with Crippen LogP contribution >= 0.6 is 11.3 Å². The van der Waals surface area contributed by atoms with Crippen molar-refractivity contribution in [3.63, 3.8) is 0 Å². The van der Waals surface area contributed by atoms with Gasteiger partial charge in [-0.2, -0.15) is 0 Å². The van der Waals surface area contributed by atoms with Gasteiger partial charge in [0.05, 0.1) is 13.2 Å². The van der Waals surface area contributed by atoms with E-state index < -0.39 is 0 Å². The maximum Gasteiger partial charge on any atom is 0.254 e. The second kappa shape index (κ2) is 11.0. The van der Waals surface area contributed by atoms with Crippen LogP contribution in [0.25, 0.3) is 0 Å². The third-order valence-electron chi connectivity index (χ3n) is 6.47. The van der Waals surface area contributed by atoms with Gasteiger partial charge in [-0.3, -0.25) is 9.59 Å². The number of hydrogen-bond donors (Lipinski definition) is 0. The number of carbonyl (C=O) groups is 2.